The molecule has 88 valence electrons. The minimum atomic E-state index is 0. The van der Waals surface area contributed by atoms with Crippen molar-refractivity contribution in [3.05, 3.63) is 46.1 Å². The van der Waals surface area contributed by atoms with Gasteiger partial charge in [-0.3, -0.25) is 0 Å². The molecule has 0 amide bonds. The summed E-state index contributed by atoms with van der Waals surface area (Å²) in [5.74, 6) is 0. The maximum atomic E-state index is 3.46. The largest absolute Gasteiger partial charge is 1.00 e. The van der Waals surface area contributed by atoms with Gasteiger partial charge in [-0.2, -0.15) is 0 Å². The van der Waals surface area contributed by atoms with Crippen LogP contribution >= 0.6 is 15.9 Å². The minimum absolute atomic E-state index is 0. The first-order valence-electron chi connectivity index (χ1n) is 5.10. The number of nitrogens with one attached hydrogen (secondary N) is 1. The van der Waals surface area contributed by atoms with Crippen LogP contribution in [0.5, 0.6) is 0 Å². The Balaban J connectivity index is 0.00000128. The van der Waals surface area contributed by atoms with Crippen LogP contribution < -0.4 is 29.0 Å². The van der Waals surface area contributed by atoms with Crippen LogP contribution in [0.25, 0.3) is 0 Å². The molecule has 16 heavy (non-hydrogen) atoms. The molecular formula is C12H16BrIN2. The fraction of sp³-hybridized carbons (Fsp3) is 0.333. The van der Waals surface area contributed by atoms with Gasteiger partial charge in [-0.25, -0.2) is 5.01 Å². The molecule has 2 unspecified atom stereocenters. The van der Waals surface area contributed by atoms with Gasteiger partial charge in [0.2, 0.25) is 0 Å². The van der Waals surface area contributed by atoms with E-state index in [4.69, 9.17) is 0 Å². The van der Waals surface area contributed by atoms with Gasteiger partial charge in [0.25, 0.3) is 0 Å². The molecule has 1 aliphatic rings. The van der Waals surface area contributed by atoms with Crippen LogP contribution in [0.15, 0.2) is 40.5 Å². The van der Waals surface area contributed by atoms with Gasteiger partial charge in [0.1, 0.15) is 11.7 Å². The Kier molecular flexibility index (Phi) is 4.97. The first-order valence-corrected chi connectivity index (χ1v) is 5.89. The monoisotopic (exact) mass is 394 g/mol. The molecule has 0 saturated carbocycles. The molecule has 4 heteroatoms. The number of hydrogen-bond acceptors (Lipinski definition) is 1. The molecule has 0 bridgehead atoms. The third-order valence-corrected chi connectivity index (χ3v) is 3.67. The molecule has 1 aromatic rings. The van der Waals surface area contributed by atoms with E-state index < -0.39 is 0 Å². The van der Waals surface area contributed by atoms with Crippen LogP contribution in [-0.2, 0) is 0 Å². The van der Waals surface area contributed by atoms with E-state index in [0.717, 1.165) is 4.47 Å². The first kappa shape index (κ1) is 14.2. The lowest BCUT2D eigenvalue weighted by atomic mass is 10.1. The number of nitrogens with zero attached hydrogens (tertiary/aromatic N) is 1. The van der Waals surface area contributed by atoms with E-state index in [1.54, 1.807) is 0 Å². The zero-order valence-electron chi connectivity index (χ0n) is 9.67. The third kappa shape index (κ3) is 2.67. The van der Waals surface area contributed by atoms with Crippen molar-refractivity contribution in [1.29, 1.82) is 0 Å². The Hall–Kier alpha value is 0.0900. The molecule has 2 nitrogen and oxygen atoms in total. The van der Waals surface area contributed by atoms with E-state index >= 15 is 0 Å². The molecule has 1 N–H and O–H groups in total. The first-order chi connectivity index (χ1) is 7.09. The van der Waals surface area contributed by atoms with E-state index in [-0.39, 0.29) is 24.0 Å². The van der Waals surface area contributed by atoms with Crippen molar-refractivity contribution < 1.29 is 29.0 Å². The van der Waals surface area contributed by atoms with Gasteiger partial charge >= 0.3 is 0 Å². The van der Waals surface area contributed by atoms with Crippen molar-refractivity contribution >= 4 is 15.9 Å². The van der Waals surface area contributed by atoms with Gasteiger partial charge < -0.3 is 24.0 Å². The third-order valence-electron chi connectivity index (χ3n) is 3.14. The van der Waals surface area contributed by atoms with Gasteiger partial charge in [0.15, 0.2) is 0 Å². The second-order valence-electron chi connectivity index (χ2n) is 4.04. The van der Waals surface area contributed by atoms with E-state index in [1.807, 2.05) is 0 Å². The Bertz CT molecular complexity index is 389. The molecule has 1 aliphatic heterocycles. The van der Waals surface area contributed by atoms with Crippen LogP contribution in [0.2, 0.25) is 0 Å². The summed E-state index contributed by atoms with van der Waals surface area (Å²) in [7, 11) is 4.32. The van der Waals surface area contributed by atoms with Gasteiger partial charge in [0, 0.05) is 24.5 Å². The predicted molar refractivity (Wildman–Crippen MR) is 65.3 cm³/mol. The molecule has 0 fully saturated rings. The molecule has 0 spiro atoms. The van der Waals surface area contributed by atoms with Crippen molar-refractivity contribution in [2.45, 2.75) is 13.0 Å². The predicted octanol–water partition coefficient (Wildman–Crippen LogP) is -1.23. The number of hydrogen-bond donors (Lipinski definition) is 1. The van der Waals surface area contributed by atoms with Crippen LogP contribution in [-0.4, -0.2) is 19.1 Å². The molecule has 0 radical (unpaired) electrons. The highest BCUT2D eigenvalue weighted by Crippen LogP contribution is 2.23. The van der Waals surface area contributed by atoms with Gasteiger partial charge in [-0.1, -0.05) is 28.1 Å². The van der Waals surface area contributed by atoms with E-state index in [0.29, 0.717) is 6.04 Å². The number of allylic oxidation sites excluding steroid dienone is 1. The highest BCUT2D eigenvalue weighted by Gasteiger charge is 2.30. The summed E-state index contributed by atoms with van der Waals surface area (Å²) < 4.78 is 1.13. The smallest absolute Gasteiger partial charge is 0.121 e. The summed E-state index contributed by atoms with van der Waals surface area (Å²) in [5.41, 5.74) is 2.72. The lowest BCUT2D eigenvalue weighted by Gasteiger charge is -2.22. The fourth-order valence-corrected chi connectivity index (χ4v) is 2.20. The standard InChI is InChI=1S/C12H15BrN2.HI/c1-9-8-12(15(3)14(9)2)10-4-6-11(13)7-5-10;/h4-8,12H,1-3H3;1H. The van der Waals surface area contributed by atoms with E-state index in [1.165, 1.54) is 16.3 Å². The van der Waals surface area contributed by atoms with Gasteiger partial charge in [-0.05, 0) is 17.7 Å². The Morgan fingerprint density at radius 3 is 2.25 bits per heavy atom. The van der Waals surface area contributed by atoms with Crippen LogP contribution in [0.3, 0.4) is 0 Å². The molecule has 0 saturated heterocycles. The number of rotatable bonds is 1. The summed E-state index contributed by atoms with van der Waals surface area (Å²) in [6.45, 7) is 2.17. The number of quaternary nitrogens is 1. The van der Waals surface area contributed by atoms with Gasteiger partial charge in [-0.15, -0.1) is 5.01 Å². The van der Waals surface area contributed by atoms with Crippen molar-refractivity contribution in [2.24, 2.45) is 0 Å². The normalized spacial score (nSPS) is 25.1. The van der Waals surface area contributed by atoms with Crippen molar-refractivity contribution in [2.75, 3.05) is 14.1 Å². The van der Waals surface area contributed by atoms with Crippen molar-refractivity contribution in [1.82, 2.24) is 5.01 Å². The maximum Gasteiger partial charge on any atom is 0.121 e. The Labute approximate surface area is 122 Å². The molecule has 1 heterocycles. The summed E-state index contributed by atoms with van der Waals surface area (Å²) in [6.07, 6.45) is 2.32. The molecular weight excluding hydrogens is 379 g/mol. The fourth-order valence-electron chi connectivity index (χ4n) is 1.94. The molecule has 1 aromatic carbocycles. The second-order valence-corrected chi connectivity index (χ2v) is 4.96. The number of benzene rings is 1. The average molecular weight is 395 g/mol. The van der Waals surface area contributed by atoms with Crippen LogP contribution in [0, 0.1) is 0 Å². The molecule has 0 aromatic heterocycles. The lowest BCUT2D eigenvalue weighted by molar-refractivity contribution is -0.958. The van der Waals surface area contributed by atoms with Crippen molar-refractivity contribution in [3.8, 4) is 0 Å². The zero-order valence-corrected chi connectivity index (χ0v) is 13.4. The summed E-state index contributed by atoms with van der Waals surface area (Å²) in [4.78, 5) is 0. The highest BCUT2D eigenvalue weighted by atomic mass is 127. The minimum Gasteiger partial charge on any atom is -1.00 e. The summed E-state index contributed by atoms with van der Waals surface area (Å²) in [6, 6.07) is 8.94. The molecule has 0 aliphatic carbocycles. The SMILES string of the molecule is CC1=CC(c2ccc(Br)cc2)N(C)[NH+]1C.[I-]. The lowest BCUT2D eigenvalue weighted by Crippen LogP contribution is -3.11. The van der Waals surface area contributed by atoms with Crippen molar-refractivity contribution in [3.63, 3.8) is 0 Å². The number of halogens is 2. The second kappa shape index (κ2) is 5.62. The molecule has 2 rings (SSSR count). The zero-order chi connectivity index (χ0) is 11.0. The highest BCUT2D eigenvalue weighted by molar-refractivity contribution is 9.10. The Morgan fingerprint density at radius 1 is 1.25 bits per heavy atom. The topological polar surface area (TPSA) is 7.68 Å². The van der Waals surface area contributed by atoms with Gasteiger partial charge in [0.05, 0.1) is 7.05 Å². The van der Waals surface area contributed by atoms with E-state index in [9.17, 15) is 0 Å². The van der Waals surface area contributed by atoms with Crippen LogP contribution in [0.1, 0.15) is 18.5 Å². The Morgan fingerprint density at radius 2 is 1.81 bits per heavy atom. The molecule has 2 atom stereocenters. The summed E-state index contributed by atoms with van der Waals surface area (Å²) in [5, 5.41) is 3.68. The van der Waals surface area contributed by atoms with E-state index in [2.05, 4.69) is 72.3 Å². The van der Waals surface area contributed by atoms with Crippen LogP contribution in [0.4, 0.5) is 0 Å². The summed E-state index contributed by atoms with van der Waals surface area (Å²) >= 11 is 3.46. The quantitative estimate of drug-likeness (QED) is 0.586. The number of likely N-dealkylation sites (N-methyl/N-ethyl adjacent to an activating group) is 1. The maximum absolute atomic E-state index is 3.46. The average Bonchev–Trinajstić information content (AvgIpc) is 2.47.